The van der Waals surface area contributed by atoms with Crippen LogP contribution in [-0.4, -0.2) is 5.78 Å². The molecule has 3 aromatic carbocycles. The molecule has 3 aromatic rings. The highest BCUT2D eigenvalue weighted by Gasteiger charge is 2.36. The summed E-state index contributed by atoms with van der Waals surface area (Å²) < 4.78 is 0. The average Bonchev–Trinajstić information content (AvgIpc) is 3.23. The van der Waals surface area contributed by atoms with Gasteiger partial charge in [-0.2, -0.15) is 0 Å². The number of hydrogen-bond acceptors (Lipinski definition) is 1. The van der Waals surface area contributed by atoms with E-state index in [9.17, 15) is 4.79 Å². The summed E-state index contributed by atoms with van der Waals surface area (Å²) >= 11 is 0. The fourth-order valence-corrected chi connectivity index (χ4v) is 4.93. The lowest BCUT2D eigenvalue weighted by molar-refractivity contribution is -0.116. The molecule has 0 aromatic heterocycles. The lowest BCUT2D eigenvalue weighted by atomic mass is 9.85. The minimum absolute atomic E-state index is 0.213. The molecule has 0 saturated heterocycles. The minimum Gasteiger partial charge on any atom is -0.300 e. The molecular weight excluding hydrogens is 304 g/mol. The first-order valence-corrected chi connectivity index (χ1v) is 9.30. The molecular formula is C24H22O. The summed E-state index contributed by atoms with van der Waals surface area (Å²) in [5.74, 6) is 2.47. The molecule has 5 rings (SSSR count). The Hall–Kier alpha value is -2.41. The van der Waals surface area contributed by atoms with Crippen LogP contribution in [0.25, 0.3) is 21.5 Å². The molecule has 2 bridgehead atoms. The van der Waals surface area contributed by atoms with Crippen LogP contribution in [0.4, 0.5) is 0 Å². The van der Waals surface area contributed by atoms with Crippen molar-refractivity contribution in [2.45, 2.75) is 32.1 Å². The van der Waals surface area contributed by atoms with Crippen molar-refractivity contribution < 1.29 is 4.79 Å². The molecule has 0 spiro atoms. The van der Waals surface area contributed by atoms with Gasteiger partial charge in [-0.1, -0.05) is 60.7 Å². The molecule has 1 heteroatoms. The second-order valence-electron chi connectivity index (χ2n) is 7.87. The number of carbonyl (C=O) groups excluding carboxylic acids is 1. The van der Waals surface area contributed by atoms with Crippen LogP contribution in [0, 0.1) is 11.8 Å². The quantitative estimate of drug-likeness (QED) is 0.439. The Kier molecular flexibility index (Phi) is 3.31. The van der Waals surface area contributed by atoms with Gasteiger partial charge in [0.15, 0.2) is 0 Å². The van der Waals surface area contributed by atoms with Gasteiger partial charge in [-0.15, -0.1) is 0 Å². The maximum Gasteiger partial charge on any atom is 0.134 e. The Morgan fingerprint density at radius 1 is 0.920 bits per heavy atom. The Morgan fingerprint density at radius 3 is 2.36 bits per heavy atom. The van der Waals surface area contributed by atoms with E-state index in [-0.39, 0.29) is 5.78 Å². The van der Waals surface area contributed by atoms with E-state index >= 15 is 0 Å². The number of hydrogen-bond donors (Lipinski definition) is 0. The molecule has 0 amide bonds. The predicted molar refractivity (Wildman–Crippen MR) is 104 cm³/mol. The molecule has 0 radical (unpaired) electrons. The van der Waals surface area contributed by atoms with E-state index in [4.69, 9.17) is 0 Å². The summed E-state index contributed by atoms with van der Waals surface area (Å²) in [5.41, 5.74) is 2.60. The summed E-state index contributed by atoms with van der Waals surface area (Å²) in [5, 5.41) is 5.15. The van der Waals surface area contributed by atoms with Crippen molar-refractivity contribution in [3.63, 3.8) is 0 Å². The number of ketones is 1. The molecule has 3 atom stereocenters. The molecule has 2 aliphatic carbocycles. The first kappa shape index (κ1) is 14.9. The SMILES string of the molecule is CC(=O)Cc1ccc2c(ccc3cc(C4CC5C=CC4C5)ccc32)c1. The lowest BCUT2D eigenvalue weighted by Gasteiger charge is -2.19. The van der Waals surface area contributed by atoms with Gasteiger partial charge in [-0.05, 0) is 70.2 Å². The van der Waals surface area contributed by atoms with E-state index in [0.29, 0.717) is 12.3 Å². The van der Waals surface area contributed by atoms with Crippen molar-refractivity contribution in [3.05, 3.63) is 71.8 Å². The second kappa shape index (κ2) is 5.56. The molecule has 3 unspecified atom stereocenters. The molecule has 0 N–H and O–H groups in total. The first-order chi connectivity index (χ1) is 12.2. The summed E-state index contributed by atoms with van der Waals surface area (Å²) in [6, 6.07) is 17.9. The van der Waals surface area contributed by atoms with Crippen molar-refractivity contribution >= 4 is 27.3 Å². The molecule has 0 heterocycles. The zero-order chi connectivity index (χ0) is 17.0. The van der Waals surface area contributed by atoms with Crippen LogP contribution < -0.4 is 0 Å². The molecule has 0 aliphatic heterocycles. The minimum atomic E-state index is 0.213. The van der Waals surface area contributed by atoms with Crippen molar-refractivity contribution in [1.29, 1.82) is 0 Å². The van der Waals surface area contributed by atoms with Crippen LogP contribution in [0.1, 0.15) is 36.8 Å². The third-order valence-corrected chi connectivity index (χ3v) is 6.08. The smallest absolute Gasteiger partial charge is 0.134 e. The van der Waals surface area contributed by atoms with Crippen molar-refractivity contribution in [1.82, 2.24) is 0 Å². The zero-order valence-electron chi connectivity index (χ0n) is 14.5. The van der Waals surface area contributed by atoms with Crippen LogP contribution in [-0.2, 0) is 11.2 Å². The van der Waals surface area contributed by atoms with Crippen LogP contribution >= 0.6 is 0 Å². The second-order valence-corrected chi connectivity index (χ2v) is 7.87. The van der Waals surface area contributed by atoms with Crippen molar-refractivity contribution in [2.24, 2.45) is 11.8 Å². The maximum absolute atomic E-state index is 11.4. The van der Waals surface area contributed by atoms with E-state index in [1.807, 2.05) is 0 Å². The summed E-state index contributed by atoms with van der Waals surface area (Å²) in [7, 11) is 0. The topological polar surface area (TPSA) is 17.1 Å². The average molecular weight is 326 g/mol. The Morgan fingerprint density at radius 2 is 1.68 bits per heavy atom. The van der Waals surface area contributed by atoms with E-state index in [1.165, 1.54) is 39.9 Å². The van der Waals surface area contributed by atoms with Gasteiger partial charge in [0.25, 0.3) is 0 Å². The third kappa shape index (κ3) is 2.50. The van der Waals surface area contributed by atoms with E-state index < -0.39 is 0 Å². The predicted octanol–water partition coefficient (Wildman–Crippen LogP) is 5.80. The fraction of sp³-hybridized carbons (Fsp3) is 0.292. The third-order valence-electron chi connectivity index (χ3n) is 6.08. The van der Waals surface area contributed by atoms with Gasteiger partial charge in [0.1, 0.15) is 5.78 Å². The molecule has 124 valence electrons. The first-order valence-electron chi connectivity index (χ1n) is 9.30. The largest absolute Gasteiger partial charge is 0.300 e. The number of carbonyl (C=O) groups is 1. The van der Waals surface area contributed by atoms with Crippen molar-refractivity contribution in [3.8, 4) is 0 Å². The maximum atomic E-state index is 11.4. The number of fused-ring (bicyclic) bond motifs is 5. The van der Waals surface area contributed by atoms with Gasteiger partial charge < -0.3 is 0 Å². The normalized spacial score (nSPS) is 24.4. The number of benzene rings is 3. The zero-order valence-corrected chi connectivity index (χ0v) is 14.5. The van der Waals surface area contributed by atoms with Crippen LogP contribution in [0.3, 0.4) is 0 Å². The van der Waals surface area contributed by atoms with E-state index in [0.717, 1.165) is 17.4 Å². The molecule has 1 nitrogen and oxygen atoms in total. The van der Waals surface area contributed by atoms with Crippen LogP contribution in [0.2, 0.25) is 0 Å². The number of rotatable bonds is 3. The van der Waals surface area contributed by atoms with Gasteiger partial charge in [-0.25, -0.2) is 0 Å². The molecule has 2 aliphatic rings. The summed E-state index contributed by atoms with van der Waals surface area (Å²) in [6.45, 7) is 1.65. The van der Waals surface area contributed by atoms with E-state index in [2.05, 4.69) is 60.7 Å². The Bertz CT molecular complexity index is 1030. The number of Topliss-reactive ketones (excluding diaryl/α,β-unsaturated/α-hetero) is 1. The van der Waals surface area contributed by atoms with Gasteiger partial charge in [0, 0.05) is 6.42 Å². The Balaban J connectivity index is 1.57. The van der Waals surface area contributed by atoms with Gasteiger partial charge in [0.2, 0.25) is 0 Å². The molecule has 25 heavy (non-hydrogen) atoms. The summed E-state index contributed by atoms with van der Waals surface area (Å²) in [4.78, 5) is 11.4. The highest BCUT2D eigenvalue weighted by atomic mass is 16.1. The van der Waals surface area contributed by atoms with Crippen LogP contribution in [0.5, 0.6) is 0 Å². The van der Waals surface area contributed by atoms with Crippen LogP contribution in [0.15, 0.2) is 60.7 Å². The van der Waals surface area contributed by atoms with Gasteiger partial charge in [-0.3, -0.25) is 4.79 Å². The number of allylic oxidation sites excluding steroid dienone is 2. The highest BCUT2D eigenvalue weighted by Crippen LogP contribution is 2.49. The van der Waals surface area contributed by atoms with Gasteiger partial charge in [0.05, 0.1) is 0 Å². The highest BCUT2D eigenvalue weighted by molar-refractivity contribution is 6.07. The standard InChI is InChI=1S/C24H22O/c1-15(25)10-16-3-8-22-18(11-16)5-6-20-14-21(7-9-23(20)22)24-13-17-2-4-19(24)12-17/h2-9,11,14,17,19,24H,10,12-13H2,1H3. The fourth-order valence-electron chi connectivity index (χ4n) is 4.93. The molecule has 1 saturated carbocycles. The summed E-state index contributed by atoms with van der Waals surface area (Å²) in [6.07, 6.45) is 8.02. The lowest BCUT2D eigenvalue weighted by Crippen LogP contribution is -2.04. The Labute approximate surface area is 148 Å². The molecule has 1 fully saturated rings. The van der Waals surface area contributed by atoms with Crippen molar-refractivity contribution in [2.75, 3.05) is 0 Å². The van der Waals surface area contributed by atoms with E-state index in [1.54, 1.807) is 6.92 Å². The monoisotopic (exact) mass is 326 g/mol. The van der Waals surface area contributed by atoms with Gasteiger partial charge >= 0.3 is 0 Å².